The van der Waals surface area contributed by atoms with E-state index in [1.807, 2.05) is 34.9 Å². The molecule has 1 amide bonds. The Morgan fingerprint density at radius 2 is 2.14 bits per heavy atom. The maximum absolute atomic E-state index is 12.6. The van der Waals surface area contributed by atoms with E-state index in [1.54, 1.807) is 6.08 Å². The molecular formula is C17H20N4O. The third-order valence-electron chi connectivity index (χ3n) is 4.02. The smallest absolute Gasteiger partial charge is 0.234 e. The van der Waals surface area contributed by atoms with Crippen LogP contribution in [0.2, 0.25) is 0 Å². The number of carbonyl (C=O) groups excluding carboxylic acids is 1. The van der Waals surface area contributed by atoms with Gasteiger partial charge in [-0.05, 0) is 24.8 Å². The fourth-order valence-electron chi connectivity index (χ4n) is 2.84. The van der Waals surface area contributed by atoms with Crippen molar-refractivity contribution in [1.82, 2.24) is 14.8 Å². The standard InChI is InChI=1S/C17H20N4O/c1-2-8-14(13-9-4-3-5-10-13)16(22)18-17-20-19-15-11-6-7-12-21(15)17/h2-5,9-10,14H,1,6-8,11-12H2,(H,18,20,22). The molecular weight excluding hydrogens is 276 g/mol. The molecule has 3 rings (SSSR count). The Labute approximate surface area is 130 Å². The van der Waals surface area contributed by atoms with Crippen molar-refractivity contribution >= 4 is 11.9 Å². The third kappa shape index (κ3) is 2.93. The number of hydrogen-bond acceptors (Lipinski definition) is 3. The maximum Gasteiger partial charge on any atom is 0.234 e. The molecule has 0 fully saturated rings. The fraction of sp³-hybridized carbons (Fsp3) is 0.353. The van der Waals surface area contributed by atoms with Crippen molar-refractivity contribution in [3.8, 4) is 0 Å². The van der Waals surface area contributed by atoms with Gasteiger partial charge in [-0.25, -0.2) is 0 Å². The van der Waals surface area contributed by atoms with Gasteiger partial charge < -0.3 is 0 Å². The number of aryl methyl sites for hydroxylation is 1. The highest BCUT2D eigenvalue weighted by Gasteiger charge is 2.23. The molecule has 0 aliphatic carbocycles. The molecule has 1 aliphatic heterocycles. The van der Waals surface area contributed by atoms with Gasteiger partial charge in [0.2, 0.25) is 11.9 Å². The Morgan fingerprint density at radius 3 is 2.91 bits per heavy atom. The summed E-state index contributed by atoms with van der Waals surface area (Å²) in [5.74, 6) is 1.20. The summed E-state index contributed by atoms with van der Waals surface area (Å²) in [7, 11) is 0. The normalized spacial score (nSPS) is 14.9. The van der Waals surface area contributed by atoms with Crippen LogP contribution in [0.3, 0.4) is 0 Å². The van der Waals surface area contributed by atoms with Crippen molar-refractivity contribution < 1.29 is 4.79 Å². The molecule has 5 nitrogen and oxygen atoms in total. The molecule has 22 heavy (non-hydrogen) atoms. The van der Waals surface area contributed by atoms with Crippen molar-refractivity contribution in [2.45, 2.75) is 38.1 Å². The van der Waals surface area contributed by atoms with Gasteiger partial charge in [-0.1, -0.05) is 36.4 Å². The number of aromatic nitrogens is 3. The van der Waals surface area contributed by atoms with E-state index in [0.29, 0.717) is 12.4 Å². The molecule has 2 heterocycles. The molecule has 5 heteroatoms. The van der Waals surface area contributed by atoms with Crippen molar-refractivity contribution in [3.63, 3.8) is 0 Å². The highest BCUT2D eigenvalue weighted by molar-refractivity contribution is 5.94. The first-order valence-electron chi connectivity index (χ1n) is 7.68. The molecule has 0 saturated heterocycles. The first-order valence-corrected chi connectivity index (χ1v) is 7.68. The van der Waals surface area contributed by atoms with Gasteiger partial charge in [-0.2, -0.15) is 0 Å². The quantitative estimate of drug-likeness (QED) is 0.863. The second-order valence-electron chi connectivity index (χ2n) is 5.53. The monoisotopic (exact) mass is 296 g/mol. The molecule has 1 aromatic heterocycles. The van der Waals surface area contributed by atoms with E-state index in [9.17, 15) is 4.79 Å². The predicted octanol–water partition coefficient (Wildman–Crippen LogP) is 2.91. The molecule has 0 bridgehead atoms. The summed E-state index contributed by atoms with van der Waals surface area (Å²) in [6.07, 6.45) is 5.53. The van der Waals surface area contributed by atoms with Gasteiger partial charge in [0.1, 0.15) is 5.82 Å². The molecule has 1 N–H and O–H groups in total. The number of amides is 1. The highest BCUT2D eigenvalue weighted by Crippen LogP contribution is 2.23. The second-order valence-corrected chi connectivity index (χ2v) is 5.53. The minimum Gasteiger partial charge on any atom is -0.297 e. The SMILES string of the molecule is C=CCC(C(=O)Nc1nnc2n1CCCC2)c1ccccc1. The number of rotatable bonds is 5. The molecule has 0 saturated carbocycles. The summed E-state index contributed by atoms with van der Waals surface area (Å²) < 4.78 is 2.01. The lowest BCUT2D eigenvalue weighted by Gasteiger charge is -2.18. The van der Waals surface area contributed by atoms with Crippen molar-refractivity contribution in [1.29, 1.82) is 0 Å². The molecule has 114 valence electrons. The zero-order valence-corrected chi connectivity index (χ0v) is 12.5. The van der Waals surface area contributed by atoms with Crippen LogP contribution >= 0.6 is 0 Å². The van der Waals surface area contributed by atoms with Crippen LogP contribution in [-0.4, -0.2) is 20.7 Å². The van der Waals surface area contributed by atoms with E-state index in [0.717, 1.165) is 37.2 Å². The van der Waals surface area contributed by atoms with Gasteiger partial charge in [0.15, 0.2) is 0 Å². The second kappa shape index (κ2) is 6.56. The summed E-state index contributed by atoms with van der Waals surface area (Å²) >= 11 is 0. The fourth-order valence-corrected chi connectivity index (χ4v) is 2.84. The average molecular weight is 296 g/mol. The van der Waals surface area contributed by atoms with Crippen LogP contribution in [-0.2, 0) is 17.8 Å². The van der Waals surface area contributed by atoms with Crippen molar-refractivity contribution in [2.24, 2.45) is 0 Å². The summed E-state index contributed by atoms with van der Waals surface area (Å²) in [5.41, 5.74) is 0.985. The molecule has 1 aliphatic rings. The summed E-state index contributed by atoms with van der Waals surface area (Å²) in [6.45, 7) is 4.63. The van der Waals surface area contributed by atoms with Gasteiger partial charge in [-0.15, -0.1) is 16.8 Å². The van der Waals surface area contributed by atoms with Crippen LogP contribution in [0.1, 0.15) is 36.6 Å². The zero-order valence-electron chi connectivity index (χ0n) is 12.5. The largest absolute Gasteiger partial charge is 0.297 e. The van der Waals surface area contributed by atoms with E-state index in [1.165, 1.54) is 0 Å². The van der Waals surface area contributed by atoms with Gasteiger partial charge in [0.05, 0.1) is 5.92 Å². The lowest BCUT2D eigenvalue weighted by Crippen LogP contribution is -2.24. The Kier molecular flexibility index (Phi) is 4.32. The van der Waals surface area contributed by atoms with Gasteiger partial charge in [-0.3, -0.25) is 14.7 Å². The van der Waals surface area contributed by atoms with Crippen LogP contribution in [0, 0.1) is 0 Å². The van der Waals surface area contributed by atoms with Crippen molar-refractivity contribution in [2.75, 3.05) is 5.32 Å². The Morgan fingerprint density at radius 1 is 1.32 bits per heavy atom. The number of carbonyl (C=O) groups is 1. The van der Waals surface area contributed by atoms with Crippen LogP contribution in [0.15, 0.2) is 43.0 Å². The van der Waals surface area contributed by atoms with Crippen LogP contribution < -0.4 is 5.32 Å². The van der Waals surface area contributed by atoms with E-state index in [-0.39, 0.29) is 11.8 Å². The van der Waals surface area contributed by atoms with Crippen LogP contribution in [0.25, 0.3) is 0 Å². The first kappa shape index (κ1) is 14.5. The number of hydrogen-bond donors (Lipinski definition) is 1. The Balaban J connectivity index is 1.80. The van der Waals surface area contributed by atoms with E-state index in [2.05, 4.69) is 22.1 Å². The number of fused-ring (bicyclic) bond motifs is 1. The lowest BCUT2D eigenvalue weighted by atomic mass is 9.95. The molecule has 0 spiro atoms. The maximum atomic E-state index is 12.6. The van der Waals surface area contributed by atoms with Crippen LogP contribution in [0.5, 0.6) is 0 Å². The molecule has 1 atom stereocenters. The van der Waals surface area contributed by atoms with Gasteiger partial charge in [0, 0.05) is 13.0 Å². The van der Waals surface area contributed by atoms with Gasteiger partial charge >= 0.3 is 0 Å². The molecule has 1 aromatic carbocycles. The van der Waals surface area contributed by atoms with Crippen molar-refractivity contribution in [3.05, 3.63) is 54.4 Å². The first-order chi connectivity index (χ1) is 10.8. The zero-order chi connectivity index (χ0) is 15.4. The average Bonchev–Trinajstić information content (AvgIpc) is 2.96. The molecule has 2 aromatic rings. The van der Waals surface area contributed by atoms with Gasteiger partial charge in [0.25, 0.3) is 0 Å². The Bertz CT molecular complexity index is 663. The predicted molar refractivity (Wildman–Crippen MR) is 85.6 cm³/mol. The molecule has 1 unspecified atom stereocenters. The minimum atomic E-state index is -0.254. The summed E-state index contributed by atoms with van der Waals surface area (Å²) in [4.78, 5) is 12.6. The number of allylic oxidation sites excluding steroid dienone is 1. The number of nitrogens with one attached hydrogen (secondary N) is 1. The minimum absolute atomic E-state index is 0.0631. The number of benzene rings is 1. The highest BCUT2D eigenvalue weighted by atomic mass is 16.2. The van der Waals surface area contributed by atoms with E-state index >= 15 is 0 Å². The summed E-state index contributed by atoms with van der Waals surface area (Å²) in [6, 6.07) is 9.76. The van der Waals surface area contributed by atoms with E-state index in [4.69, 9.17) is 0 Å². The lowest BCUT2D eigenvalue weighted by molar-refractivity contribution is -0.117. The third-order valence-corrected chi connectivity index (χ3v) is 4.02. The summed E-state index contributed by atoms with van der Waals surface area (Å²) in [5, 5.41) is 11.2. The molecule has 0 radical (unpaired) electrons. The Hall–Kier alpha value is -2.43. The van der Waals surface area contributed by atoms with E-state index < -0.39 is 0 Å². The topological polar surface area (TPSA) is 59.8 Å². The number of nitrogens with zero attached hydrogens (tertiary/aromatic N) is 3. The van der Waals surface area contributed by atoms with Crippen LogP contribution in [0.4, 0.5) is 5.95 Å². The number of anilines is 1.